The number of rotatable bonds is 8. The van der Waals surface area contributed by atoms with E-state index in [2.05, 4.69) is 22.2 Å². The van der Waals surface area contributed by atoms with Crippen LogP contribution in [0.15, 0.2) is 17.6 Å². The van der Waals surface area contributed by atoms with Gasteiger partial charge in [0.25, 0.3) is 0 Å². The summed E-state index contributed by atoms with van der Waals surface area (Å²) in [5.74, 6) is 0.646. The molecule has 1 heterocycles. The van der Waals surface area contributed by atoms with E-state index < -0.39 is 9.84 Å². The van der Waals surface area contributed by atoms with Crippen LogP contribution in [0.5, 0.6) is 0 Å². The fourth-order valence-corrected chi connectivity index (χ4v) is 3.18. The number of hydrogen-bond donors (Lipinski definition) is 1. The molecule has 0 aliphatic carbocycles. The lowest BCUT2D eigenvalue weighted by Crippen LogP contribution is -2.14. The molecule has 0 unspecified atom stereocenters. The van der Waals surface area contributed by atoms with Gasteiger partial charge in [0.15, 0.2) is 5.16 Å². The number of sulfone groups is 1. The highest BCUT2D eigenvalue weighted by molar-refractivity contribution is 8.00. The van der Waals surface area contributed by atoms with Gasteiger partial charge >= 0.3 is 0 Å². The van der Waals surface area contributed by atoms with Crippen LogP contribution < -0.4 is 5.32 Å². The van der Waals surface area contributed by atoms with Gasteiger partial charge in [0.1, 0.15) is 9.84 Å². The third-order valence-electron chi connectivity index (χ3n) is 2.12. The van der Waals surface area contributed by atoms with Crippen LogP contribution in [0, 0.1) is 0 Å². The predicted molar refractivity (Wildman–Crippen MR) is 74.5 cm³/mol. The maximum atomic E-state index is 11.0. The van der Waals surface area contributed by atoms with E-state index in [0.29, 0.717) is 10.9 Å². The lowest BCUT2D eigenvalue weighted by atomic mass is 10.3. The third-order valence-corrected chi connectivity index (χ3v) is 4.20. The van der Waals surface area contributed by atoms with Gasteiger partial charge in [-0.3, -0.25) is 0 Å². The molecule has 5 nitrogen and oxygen atoms in total. The van der Waals surface area contributed by atoms with E-state index in [0.717, 1.165) is 25.1 Å². The average molecular weight is 289 g/mol. The van der Waals surface area contributed by atoms with Crippen molar-refractivity contribution in [2.75, 3.05) is 24.3 Å². The van der Waals surface area contributed by atoms with Gasteiger partial charge in [-0.2, -0.15) is 0 Å². The van der Waals surface area contributed by atoms with E-state index in [1.54, 1.807) is 12.4 Å². The Morgan fingerprint density at radius 1 is 1.33 bits per heavy atom. The Hall–Kier alpha value is -0.660. The minimum atomic E-state index is -2.90. The van der Waals surface area contributed by atoms with Crippen molar-refractivity contribution < 1.29 is 8.42 Å². The molecular weight excluding hydrogens is 270 g/mol. The zero-order chi connectivity index (χ0) is 13.4. The maximum absolute atomic E-state index is 11.0. The fraction of sp³-hybridized carbons (Fsp3) is 0.636. The van der Waals surface area contributed by atoms with Crippen LogP contribution in [0.3, 0.4) is 0 Å². The molecule has 0 saturated carbocycles. The van der Waals surface area contributed by atoms with Gasteiger partial charge < -0.3 is 5.32 Å². The van der Waals surface area contributed by atoms with E-state index in [1.807, 2.05) is 0 Å². The summed E-state index contributed by atoms with van der Waals surface area (Å²) in [6.45, 7) is 3.86. The lowest BCUT2D eigenvalue weighted by Gasteiger charge is -2.03. The highest BCUT2D eigenvalue weighted by Crippen LogP contribution is 2.12. The number of hydrogen-bond acceptors (Lipinski definition) is 6. The standard InChI is InChI=1S/C11H19N3O2S2/c1-3-4-12-7-10-8-13-11(14-9-10)17-5-6-18(2,15)16/h8-9,12H,3-7H2,1-2H3. The normalized spacial score (nSPS) is 11.7. The van der Waals surface area contributed by atoms with Crippen molar-refractivity contribution in [3.63, 3.8) is 0 Å². The first kappa shape index (κ1) is 15.4. The van der Waals surface area contributed by atoms with Gasteiger partial charge in [-0.25, -0.2) is 18.4 Å². The Kier molecular flexibility index (Phi) is 6.59. The SMILES string of the molecule is CCCNCc1cnc(SCCS(C)(=O)=O)nc1. The van der Waals surface area contributed by atoms with Gasteiger partial charge in [0.05, 0.1) is 5.75 Å². The molecule has 1 N–H and O–H groups in total. The van der Waals surface area contributed by atoms with Crippen molar-refractivity contribution in [1.82, 2.24) is 15.3 Å². The summed E-state index contributed by atoms with van der Waals surface area (Å²) in [6, 6.07) is 0. The highest BCUT2D eigenvalue weighted by Gasteiger charge is 2.04. The molecule has 0 atom stereocenters. The molecule has 7 heteroatoms. The summed E-state index contributed by atoms with van der Waals surface area (Å²) >= 11 is 1.36. The van der Waals surface area contributed by atoms with E-state index in [-0.39, 0.29) is 5.75 Å². The molecule has 0 aliphatic rings. The zero-order valence-electron chi connectivity index (χ0n) is 10.7. The third kappa shape index (κ3) is 6.93. The van der Waals surface area contributed by atoms with E-state index in [4.69, 9.17) is 0 Å². The molecule has 0 aliphatic heterocycles. The highest BCUT2D eigenvalue weighted by atomic mass is 32.2. The summed E-state index contributed by atoms with van der Waals surface area (Å²) in [5.41, 5.74) is 1.04. The fourth-order valence-electron chi connectivity index (χ4n) is 1.20. The summed E-state index contributed by atoms with van der Waals surface area (Å²) in [7, 11) is -2.90. The van der Waals surface area contributed by atoms with Gasteiger partial charge in [0, 0.05) is 36.5 Å². The molecule has 1 aromatic heterocycles. The minimum absolute atomic E-state index is 0.154. The lowest BCUT2D eigenvalue weighted by molar-refractivity contribution is 0.603. The smallest absolute Gasteiger partial charge is 0.187 e. The van der Waals surface area contributed by atoms with Crippen LogP contribution in [0.1, 0.15) is 18.9 Å². The molecule has 1 aromatic rings. The minimum Gasteiger partial charge on any atom is -0.313 e. The number of thioether (sulfide) groups is 1. The first-order chi connectivity index (χ1) is 8.51. The molecule has 0 aromatic carbocycles. The summed E-state index contributed by atoms with van der Waals surface area (Å²) in [4.78, 5) is 8.39. The molecule has 0 fully saturated rings. The summed E-state index contributed by atoms with van der Waals surface area (Å²) < 4.78 is 21.9. The second kappa shape index (κ2) is 7.70. The molecule has 1 rings (SSSR count). The largest absolute Gasteiger partial charge is 0.313 e. The second-order valence-corrected chi connectivity index (χ2v) is 7.35. The van der Waals surface area contributed by atoms with E-state index >= 15 is 0 Å². The Labute approximate surface area is 113 Å². The van der Waals surface area contributed by atoms with Crippen LogP contribution in [0.4, 0.5) is 0 Å². The van der Waals surface area contributed by atoms with E-state index in [9.17, 15) is 8.42 Å². The molecule has 0 amide bonds. The van der Waals surface area contributed by atoms with E-state index in [1.165, 1.54) is 18.0 Å². The van der Waals surface area contributed by atoms with Gasteiger partial charge in [-0.05, 0) is 13.0 Å². The topological polar surface area (TPSA) is 72.0 Å². The van der Waals surface area contributed by atoms with Crippen LogP contribution >= 0.6 is 11.8 Å². The summed E-state index contributed by atoms with van der Waals surface area (Å²) in [6.07, 6.45) is 5.88. The number of nitrogens with one attached hydrogen (secondary N) is 1. The number of nitrogens with zero attached hydrogens (tertiary/aromatic N) is 2. The molecular formula is C11H19N3O2S2. The van der Waals surface area contributed by atoms with Gasteiger partial charge in [-0.15, -0.1) is 0 Å². The van der Waals surface area contributed by atoms with Gasteiger partial charge in [0.2, 0.25) is 0 Å². The quantitative estimate of drug-likeness (QED) is 0.439. The summed E-state index contributed by atoms with van der Waals surface area (Å²) in [5, 5.41) is 3.89. The Morgan fingerprint density at radius 2 is 2.00 bits per heavy atom. The molecule has 0 radical (unpaired) electrons. The molecule has 0 spiro atoms. The molecule has 0 saturated heterocycles. The number of aromatic nitrogens is 2. The van der Waals surface area contributed by atoms with Crippen molar-refractivity contribution in [3.05, 3.63) is 18.0 Å². The second-order valence-electron chi connectivity index (χ2n) is 4.03. The Bertz CT molecular complexity index is 446. The predicted octanol–water partition coefficient (Wildman–Crippen LogP) is 1.11. The van der Waals surface area contributed by atoms with Crippen LogP contribution in [0.25, 0.3) is 0 Å². The first-order valence-corrected chi connectivity index (χ1v) is 8.88. The van der Waals surface area contributed by atoms with Crippen molar-refractivity contribution in [3.8, 4) is 0 Å². The van der Waals surface area contributed by atoms with Crippen LogP contribution in [-0.2, 0) is 16.4 Å². The van der Waals surface area contributed by atoms with Crippen molar-refractivity contribution in [1.29, 1.82) is 0 Å². The Morgan fingerprint density at radius 3 is 2.56 bits per heavy atom. The monoisotopic (exact) mass is 289 g/mol. The van der Waals surface area contributed by atoms with Crippen LogP contribution in [-0.4, -0.2) is 42.7 Å². The Balaban J connectivity index is 2.36. The van der Waals surface area contributed by atoms with Crippen LogP contribution in [0.2, 0.25) is 0 Å². The molecule has 0 bridgehead atoms. The molecule has 102 valence electrons. The molecule has 18 heavy (non-hydrogen) atoms. The van der Waals surface area contributed by atoms with Crippen molar-refractivity contribution in [2.45, 2.75) is 25.0 Å². The maximum Gasteiger partial charge on any atom is 0.187 e. The van der Waals surface area contributed by atoms with Crippen molar-refractivity contribution in [2.24, 2.45) is 0 Å². The van der Waals surface area contributed by atoms with Gasteiger partial charge in [-0.1, -0.05) is 18.7 Å². The van der Waals surface area contributed by atoms with Crippen molar-refractivity contribution >= 4 is 21.6 Å². The average Bonchev–Trinajstić information content (AvgIpc) is 2.30. The first-order valence-electron chi connectivity index (χ1n) is 5.83. The zero-order valence-corrected chi connectivity index (χ0v) is 12.4.